The number of nitrogens with zero attached hydrogens (tertiary/aromatic N) is 3. The molecule has 2 rings (SSSR count). The highest BCUT2D eigenvalue weighted by Gasteiger charge is 2.23. The van der Waals surface area contributed by atoms with E-state index < -0.39 is 12.2 Å². The SMILES string of the molecule is C=C/C=C(\C=C/CCOC(=O)N(CCOC)CCN(CCOC)C(=O)Oc1cccccccc2c1CCN2C)NC. The summed E-state index contributed by atoms with van der Waals surface area (Å²) >= 11 is 0. The number of carbonyl (C=O) groups excluding carboxylic acids is 2. The zero-order valence-corrected chi connectivity index (χ0v) is 25.4. The number of fused-ring (bicyclic) bond motifs is 1. The minimum atomic E-state index is -0.511. The first-order valence-corrected chi connectivity index (χ1v) is 14.1. The van der Waals surface area contributed by atoms with Crippen molar-refractivity contribution in [2.24, 2.45) is 0 Å². The second-order valence-corrected chi connectivity index (χ2v) is 9.44. The Bertz CT molecular complexity index is 1120. The third-order valence-corrected chi connectivity index (χ3v) is 6.54. The maximum absolute atomic E-state index is 13.4. The zero-order valence-electron chi connectivity index (χ0n) is 25.4. The lowest BCUT2D eigenvalue weighted by atomic mass is 10.2. The fourth-order valence-electron chi connectivity index (χ4n) is 4.17. The molecule has 0 aromatic heterocycles. The highest BCUT2D eigenvalue weighted by Crippen LogP contribution is 2.32. The molecule has 230 valence electrons. The van der Waals surface area contributed by atoms with Crippen molar-refractivity contribution in [3.8, 4) is 5.75 Å². The molecule has 0 aliphatic carbocycles. The van der Waals surface area contributed by atoms with Gasteiger partial charge in [-0.2, -0.15) is 0 Å². The number of carbonyl (C=O) groups is 2. The minimum absolute atomic E-state index is 0.219. The van der Waals surface area contributed by atoms with E-state index in [1.165, 1.54) is 4.90 Å². The maximum Gasteiger partial charge on any atom is 0.415 e. The Labute approximate surface area is 250 Å². The number of hydrogen-bond acceptors (Lipinski definition) is 8. The van der Waals surface area contributed by atoms with Crippen LogP contribution in [0.15, 0.2) is 79.0 Å². The molecular weight excluding hydrogens is 536 g/mol. The number of ether oxygens (including phenoxy) is 4. The lowest BCUT2D eigenvalue weighted by Crippen LogP contribution is -2.44. The number of likely N-dealkylation sites (N-methyl/N-ethyl adjacent to an activating group) is 2. The van der Waals surface area contributed by atoms with E-state index >= 15 is 0 Å². The first-order valence-electron chi connectivity index (χ1n) is 14.1. The van der Waals surface area contributed by atoms with Gasteiger partial charge < -0.3 is 39.0 Å². The van der Waals surface area contributed by atoms with Crippen LogP contribution in [0.4, 0.5) is 15.3 Å². The normalized spacial score (nSPS) is 12.4. The minimum Gasteiger partial charge on any atom is -0.449 e. The first-order chi connectivity index (χ1) is 20.4. The van der Waals surface area contributed by atoms with E-state index in [0.29, 0.717) is 38.5 Å². The van der Waals surface area contributed by atoms with Gasteiger partial charge in [-0.25, -0.2) is 9.59 Å². The van der Waals surface area contributed by atoms with E-state index in [9.17, 15) is 9.59 Å². The van der Waals surface area contributed by atoms with E-state index in [2.05, 4.69) is 16.8 Å². The van der Waals surface area contributed by atoms with Gasteiger partial charge in [0.05, 0.1) is 19.8 Å². The molecule has 0 saturated carbocycles. The molecule has 0 spiro atoms. The summed E-state index contributed by atoms with van der Waals surface area (Å²) in [6, 6.07) is 13.4. The quantitative estimate of drug-likeness (QED) is 0.224. The van der Waals surface area contributed by atoms with Gasteiger partial charge in [-0.15, -0.1) is 0 Å². The summed E-state index contributed by atoms with van der Waals surface area (Å²) in [6.07, 6.45) is 7.68. The molecule has 0 bridgehead atoms. The molecule has 1 aliphatic rings. The molecule has 0 atom stereocenters. The summed E-state index contributed by atoms with van der Waals surface area (Å²) < 4.78 is 21.9. The smallest absolute Gasteiger partial charge is 0.415 e. The van der Waals surface area contributed by atoms with Gasteiger partial charge in [0.25, 0.3) is 0 Å². The fraction of sp³-hybridized carbons (Fsp3) is 0.438. The monoisotopic (exact) mass is 582 g/mol. The molecule has 0 unspecified atom stereocenters. The van der Waals surface area contributed by atoms with Crippen LogP contribution in [0.2, 0.25) is 0 Å². The number of hydrogen-bond donors (Lipinski definition) is 1. The summed E-state index contributed by atoms with van der Waals surface area (Å²) in [5.74, 6) is 0.506. The summed E-state index contributed by atoms with van der Waals surface area (Å²) in [7, 11) is 6.99. The van der Waals surface area contributed by atoms with Crippen LogP contribution in [-0.4, -0.2) is 103 Å². The van der Waals surface area contributed by atoms with E-state index in [4.69, 9.17) is 18.9 Å². The van der Waals surface area contributed by atoms with Gasteiger partial charge in [-0.05, 0) is 37.1 Å². The predicted octanol–water partition coefficient (Wildman–Crippen LogP) is 4.57. The molecule has 1 aromatic rings. The number of nitrogens with one attached hydrogen (secondary N) is 1. The molecule has 1 heterocycles. The maximum atomic E-state index is 13.4. The van der Waals surface area contributed by atoms with Crippen molar-refractivity contribution in [3.63, 3.8) is 0 Å². The van der Waals surface area contributed by atoms with Crippen molar-refractivity contribution < 1.29 is 28.5 Å². The second kappa shape index (κ2) is 20.0. The topological polar surface area (TPSA) is 92.8 Å². The average molecular weight is 583 g/mol. The van der Waals surface area contributed by atoms with Crippen LogP contribution in [0.5, 0.6) is 5.75 Å². The fourth-order valence-corrected chi connectivity index (χ4v) is 4.17. The van der Waals surface area contributed by atoms with Crippen molar-refractivity contribution in [1.82, 2.24) is 15.1 Å². The van der Waals surface area contributed by atoms with Gasteiger partial charge in [-0.1, -0.05) is 49.1 Å². The number of allylic oxidation sites excluding steroid dienone is 3. The van der Waals surface area contributed by atoms with Crippen LogP contribution in [0.3, 0.4) is 0 Å². The Morgan fingerprint density at radius 2 is 1.60 bits per heavy atom. The summed E-state index contributed by atoms with van der Waals surface area (Å²) in [4.78, 5) is 31.6. The summed E-state index contributed by atoms with van der Waals surface area (Å²) in [5.41, 5.74) is 2.88. The molecule has 0 fully saturated rings. The molecule has 0 radical (unpaired) electrons. The van der Waals surface area contributed by atoms with Gasteiger partial charge >= 0.3 is 12.2 Å². The average Bonchev–Trinajstić information content (AvgIpc) is 3.36. The summed E-state index contributed by atoms with van der Waals surface area (Å²) in [6.45, 7) is 6.49. The van der Waals surface area contributed by atoms with Gasteiger partial charge in [0, 0.05) is 78.0 Å². The van der Waals surface area contributed by atoms with Gasteiger partial charge in [0.1, 0.15) is 5.75 Å². The third-order valence-electron chi connectivity index (χ3n) is 6.54. The lowest BCUT2D eigenvalue weighted by Gasteiger charge is -2.27. The number of rotatable bonds is 16. The Balaban J connectivity index is 2.11. The molecule has 1 aromatic carbocycles. The van der Waals surface area contributed by atoms with Crippen LogP contribution < -0.4 is 15.0 Å². The molecule has 10 heteroatoms. The predicted molar refractivity (Wildman–Crippen MR) is 166 cm³/mol. The molecule has 2 amide bonds. The lowest BCUT2D eigenvalue weighted by molar-refractivity contribution is 0.0790. The van der Waals surface area contributed by atoms with Gasteiger partial charge in [-0.3, -0.25) is 0 Å². The van der Waals surface area contributed by atoms with Gasteiger partial charge in [0.15, 0.2) is 0 Å². The Hall–Kier alpha value is -4.02. The van der Waals surface area contributed by atoms with E-state index in [-0.39, 0.29) is 19.7 Å². The molecule has 0 saturated heterocycles. The van der Waals surface area contributed by atoms with E-state index in [1.807, 2.05) is 74.8 Å². The Kier molecular flexibility index (Phi) is 16.2. The zero-order chi connectivity index (χ0) is 30.6. The van der Waals surface area contributed by atoms with E-state index in [1.54, 1.807) is 25.2 Å². The van der Waals surface area contributed by atoms with Crippen molar-refractivity contribution in [1.29, 1.82) is 0 Å². The van der Waals surface area contributed by atoms with Crippen molar-refractivity contribution in [2.45, 2.75) is 12.8 Å². The highest BCUT2D eigenvalue weighted by molar-refractivity contribution is 5.73. The standard InChI is InChI=1S/C32H46N4O6/c1-6-14-27(33-2)15-12-13-24-41-31(37)35(22-25-39-4)20-21-36(23-26-40-5)32(38)42-30-17-11-9-7-8-10-16-29-28(30)18-19-34(29)3/h6-12,14-17,33H,1,13,18-26H2,2-5H3/b8-7?,9-7?,10-8?,11-9?,15-12-,16-10?,17-11?,27-14+,29-16?,30-17?,30-28?. The van der Waals surface area contributed by atoms with Crippen molar-refractivity contribution in [3.05, 3.63) is 84.6 Å². The molecular formula is C32H46N4O6. The molecule has 42 heavy (non-hydrogen) atoms. The Morgan fingerprint density at radius 1 is 0.952 bits per heavy atom. The molecule has 10 nitrogen and oxygen atoms in total. The van der Waals surface area contributed by atoms with Crippen LogP contribution in [0.25, 0.3) is 0 Å². The Morgan fingerprint density at radius 3 is 2.24 bits per heavy atom. The third kappa shape index (κ3) is 11.8. The molecule has 1 aliphatic heterocycles. The van der Waals surface area contributed by atoms with Gasteiger partial charge in [0.2, 0.25) is 0 Å². The molecule has 1 N–H and O–H groups in total. The largest absolute Gasteiger partial charge is 0.449 e. The van der Waals surface area contributed by atoms with Crippen LogP contribution in [0, 0.1) is 0 Å². The number of amides is 2. The van der Waals surface area contributed by atoms with E-state index in [0.717, 1.165) is 29.9 Å². The van der Waals surface area contributed by atoms with Crippen LogP contribution in [-0.2, 0) is 20.6 Å². The highest BCUT2D eigenvalue weighted by atomic mass is 16.6. The van der Waals surface area contributed by atoms with Crippen molar-refractivity contribution in [2.75, 3.05) is 85.8 Å². The second-order valence-electron chi connectivity index (χ2n) is 9.44. The summed E-state index contributed by atoms with van der Waals surface area (Å²) in [5, 5.41) is 3.05. The van der Waals surface area contributed by atoms with Crippen LogP contribution >= 0.6 is 0 Å². The van der Waals surface area contributed by atoms with Crippen molar-refractivity contribution >= 4 is 17.9 Å². The van der Waals surface area contributed by atoms with Crippen LogP contribution in [0.1, 0.15) is 12.0 Å². The first kappa shape index (κ1) is 34.2. The number of anilines is 1. The number of methoxy groups -OCH3 is 2.